The number of methoxy groups -OCH3 is 3. The van der Waals surface area contributed by atoms with Gasteiger partial charge in [0.1, 0.15) is 0 Å². The number of hydrogen-bond donors (Lipinski definition) is 1. The summed E-state index contributed by atoms with van der Waals surface area (Å²) in [7, 11) is 4.61. The van der Waals surface area contributed by atoms with Gasteiger partial charge < -0.3 is 14.2 Å². The third-order valence-electron chi connectivity index (χ3n) is 4.36. The molecule has 0 unspecified atom stereocenters. The fourth-order valence-corrected chi connectivity index (χ4v) is 2.90. The number of rotatable bonds is 7. The first kappa shape index (κ1) is 19.9. The van der Waals surface area contributed by atoms with Crippen molar-refractivity contribution in [2.45, 2.75) is 0 Å². The SMILES string of the molecule is COc1ccc(C=NNC(=O)c2ccc(-c3ccccc3)cc2)c(OC)c1OC. The second-order valence-electron chi connectivity index (χ2n) is 6.07. The Kier molecular flexibility index (Phi) is 6.47. The van der Waals surface area contributed by atoms with E-state index < -0.39 is 0 Å². The standard InChI is InChI=1S/C23H22N2O4/c1-27-20-14-13-19(21(28-2)22(20)29-3)15-24-25-23(26)18-11-9-17(10-12-18)16-7-5-4-6-8-16/h4-15H,1-3H3,(H,25,26). The van der Waals surface area contributed by atoms with E-state index in [1.807, 2.05) is 42.5 Å². The van der Waals surface area contributed by atoms with Crippen molar-refractivity contribution in [1.82, 2.24) is 5.43 Å². The zero-order chi connectivity index (χ0) is 20.6. The Morgan fingerprint density at radius 3 is 2.07 bits per heavy atom. The van der Waals surface area contributed by atoms with Crippen LogP contribution in [0.4, 0.5) is 0 Å². The molecule has 0 heterocycles. The van der Waals surface area contributed by atoms with Crippen LogP contribution >= 0.6 is 0 Å². The topological polar surface area (TPSA) is 69.2 Å². The number of amides is 1. The number of nitrogens with one attached hydrogen (secondary N) is 1. The molecule has 0 aliphatic carbocycles. The van der Waals surface area contributed by atoms with Crippen LogP contribution in [0.15, 0.2) is 71.8 Å². The van der Waals surface area contributed by atoms with Crippen LogP contribution in [-0.2, 0) is 0 Å². The van der Waals surface area contributed by atoms with Crippen LogP contribution < -0.4 is 19.6 Å². The number of hydrazone groups is 1. The molecule has 0 spiro atoms. The maximum Gasteiger partial charge on any atom is 0.271 e. The molecule has 6 nitrogen and oxygen atoms in total. The Morgan fingerprint density at radius 1 is 0.793 bits per heavy atom. The molecule has 1 N–H and O–H groups in total. The minimum absolute atomic E-state index is 0.305. The second-order valence-corrected chi connectivity index (χ2v) is 6.07. The Bertz CT molecular complexity index is 999. The van der Waals surface area contributed by atoms with E-state index in [2.05, 4.69) is 10.5 Å². The molecule has 6 heteroatoms. The van der Waals surface area contributed by atoms with Crippen molar-refractivity contribution in [3.8, 4) is 28.4 Å². The summed E-state index contributed by atoms with van der Waals surface area (Å²) in [5, 5.41) is 4.04. The van der Waals surface area contributed by atoms with Gasteiger partial charge in [0.2, 0.25) is 5.75 Å². The quantitative estimate of drug-likeness (QED) is 0.486. The molecule has 29 heavy (non-hydrogen) atoms. The van der Waals surface area contributed by atoms with Crippen molar-refractivity contribution in [3.05, 3.63) is 77.9 Å². The van der Waals surface area contributed by atoms with Crippen LogP contribution in [0.3, 0.4) is 0 Å². The third kappa shape index (κ3) is 4.55. The van der Waals surface area contributed by atoms with Gasteiger partial charge in [0, 0.05) is 11.1 Å². The van der Waals surface area contributed by atoms with Crippen LogP contribution in [0.2, 0.25) is 0 Å². The fourth-order valence-electron chi connectivity index (χ4n) is 2.90. The van der Waals surface area contributed by atoms with Crippen molar-refractivity contribution in [2.24, 2.45) is 5.10 Å². The van der Waals surface area contributed by atoms with Gasteiger partial charge >= 0.3 is 0 Å². The lowest BCUT2D eigenvalue weighted by molar-refractivity contribution is 0.0955. The highest BCUT2D eigenvalue weighted by Crippen LogP contribution is 2.38. The van der Waals surface area contributed by atoms with Gasteiger partial charge in [-0.05, 0) is 35.4 Å². The lowest BCUT2D eigenvalue weighted by Crippen LogP contribution is -2.17. The van der Waals surface area contributed by atoms with E-state index in [1.165, 1.54) is 20.4 Å². The first-order valence-corrected chi connectivity index (χ1v) is 8.95. The van der Waals surface area contributed by atoms with E-state index in [4.69, 9.17) is 14.2 Å². The number of carbonyl (C=O) groups excluding carboxylic acids is 1. The van der Waals surface area contributed by atoms with Crippen LogP contribution in [0.25, 0.3) is 11.1 Å². The average Bonchev–Trinajstić information content (AvgIpc) is 2.79. The van der Waals surface area contributed by atoms with E-state index in [9.17, 15) is 4.79 Å². The number of ether oxygens (including phenoxy) is 3. The van der Waals surface area contributed by atoms with Crippen molar-refractivity contribution in [3.63, 3.8) is 0 Å². The zero-order valence-corrected chi connectivity index (χ0v) is 16.5. The van der Waals surface area contributed by atoms with Crippen LogP contribution in [0, 0.1) is 0 Å². The fraction of sp³-hybridized carbons (Fsp3) is 0.130. The minimum Gasteiger partial charge on any atom is -0.493 e. The highest BCUT2D eigenvalue weighted by molar-refractivity contribution is 5.95. The molecule has 0 fully saturated rings. The lowest BCUT2D eigenvalue weighted by atomic mass is 10.0. The molecule has 148 valence electrons. The molecule has 0 radical (unpaired) electrons. The van der Waals surface area contributed by atoms with Crippen LogP contribution in [0.1, 0.15) is 15.9 Å². The summed E-state index contributed by atoms with van der Waals surface area (Å²) in [4.78, 5) is 12.4. The first-order valence-electron chi connectivity index (χ1n) is 8.95. The predicted molar refractivity (Wildman–Crippen MR) is 113 cm³/mol. The number of benzene rings is 3. The molecule has 0 bridgehead atoms. The monoisotopic (exact) mass is 390 g/mol. The predicted octanol–water partition coefficient (Wildman–Crippen LogP) is 4.14. The van der Waals surface area contributed by atoms with E-state index in [-0.39, 0.29) is 5.91 Å². The molecule has 3 rings (SSSR count). The summed E-state index contributed by atoms with van der Waals surface area (Å²) in [6, 6.07) is 20.8. The Labute approximate surface area is 169 Å². The van der Waals surface area contributed by atoms with Crippen molar-refractivity contribution >= 4 is 12.1 Å². The lowest BCUT2D eigenvalue weighted by Gasteiger charge is -2.13. The van der Waals surface area contributed by atoms with Gasteiger partial charge in [-0.2, -0.15) is 5.10 Å². The van der Waals surface area contributed by atoms with Gasteiger partial charge in [-0.1, -0.05) is 42.5 Å². The number of nitrogens with zero attached hydrogens (tertiary/aromatic N) is 1. The Balaban J connectivity index is 1.71. The maximum atomic E-state index is 12.4. The molecule has 0 saturated carbocycles. The van der Waals surface area contributed by atoms with Gasteiger partial charge in [0.15, 0.2) is 11.5 Å². The first-order chi connectivity index (χ1) is 14.2. The molecular weight excluding hydrogens is 368 g/mol. The Hall–Kier alpha value is -3.80. The summed E-state index contributed by atoms with van der Waals surface area (Å²) < 4.78 is 16.0. The van der Waals surface area contributed by atoms with E-state index in [0.717, 1.165) is 11.1 Å². The average molecular weight is 390 g/mol. The van der Waals surface area contributed by atoms with Crippen molar-refractivity contribution < 1.29 is 19.0 Å². The summed E-state index contributed by atoms with van der Waals surface area (Å²) in [5.74, 6) is 1.17. The molecule has 0 aromatic heterocycles. The van der Waals surface area contributed by atoms with Gasteiger partial charge in [-0.25, -0.2) is 5.43 Å². The largest absolute Gasteiger partial charge is 0.493 e. The van der Waals surface area contributed by atoms with Gasteiger partial charge in [-0.3, -0.25) is 4.79 Å². The summed E-state index contributed by atoms with van der Waals surface area (Å²) in [5.41, 5.74) is 5.82. The molecule has 0 saturated heterocycles. The molecule has 1 amide bonds. The highest BCUT2D eigenvalue weighted by atomic mass is 16.5. The molecule has 0 aliphatic rings. The normalized spacial score (nSPS) is 10.6. The molecular formula is C23H22N2O4. The summed E-state index contributed by atoms with van der Waals surface area (Å²) in [6.07, 6.45) is 1.50. The van der Waals surface area contributed by atoms with E-state index in [1.54, 1.807) is 31.4 Å². The third-order valence-corrected chi connectivity index (χ3v) is 4.36. The number of carbonyl (C=O) groups is 1. The zero-order valence-electron chi connectivity index (χ0n) is 16.5. The maximum absolute atomic E-state index is 12.4. The van der Waals surface area contributed by atoms with Crippen LogP contribution in [0.5, 0.6) is 17.2 Å². The van der Waals surface area contributed by atoms with Gasteiger partial charge in [0.05, 0.1) is 27.5 Å². The summed E-state index contributed by atoms with van der Waals surface area (Å²) >= 11 is 0. The molecule has 3 aromatic carbocycles. The van der Waals surface area contributed by atoms with Crippen molar-refractivity contribution in [1.29, 1.82) is 0 Å². The number of hydrogen-bond acceptors (Lipinski definition) is 5. The van der Waals surface area contributed by atoms with Gasteiger partial charge in [-0.15, -0.1) is 0 Å². The summed E-state index contributed by atoms with van der Waals surface area (Å²) in [6.45, 7) is 0. The van der Waals surface area contributed by atoms with Crippen molar-refractivity contribution in [2.75, 3.05) is 21.3 Å². The molecule has 0 aliphatic heterocycles. The smallest absolute Gasteiger partial charge is 0.271 e. The van der Waals surface area contributed by atoms with E-state index >= 15 is 0 Å². The second kappa shape index (κ2) is 9.41. The minimum atomic E-state index is -0.305. The Morgan fingerprint density at radius 2 is 1.45 bits per heavy atom. The van der Waals surface area contributed by atoms with Gasteiger partial charge in [0.25, 0.3) is 5.91 Å². The molecule has 0 atom stereocenters. The van der Waals surface area contributed by atoms with Crippen LogP contribution in [-0.4, -0.2) is 33.5 Å². The van der Waals surface area contributed by atoms with E-state index in [0.29, 0.717) is 28.4 Å². The molecule has 3 aromatic rings. The highest BCUT2D eigenvalue weighted by Gasteiger charge is 2.14.